The number of allylic oxidation sites excluding steroid dienone is 1. The molecule has 4 N–H and O–H groups in total. The van der Waals surface area contributed by atoms with Crippen LogP contribution in [0.3, 0.4) is 0 Å². The largest absolute Gasteiger partial charge is 0.506 e. The van der Waals surface area contributed by atoms with E-state index in [1.54, 1.807) is 36.4 Å². The van der Waals surface area contributed by atoms with Crippen LogP contribution in [0.1, 0.15) is 165 Å². The van der Waals surface area contributed by atoms with E-state index in [-0.39, 0.29) is 60.5 Å². The van der Waals surface area contributed by atoms with E-state index < -0.39 is 0 Å². The monoisotopic (exact) mass is 1730 g/mol. The van der Waals surface area contributed by atoms with E-state index in [4.69, 9.17) is 134 Å². The van der Waals surface area contributed by atoms with Crippen LogP contribution in [0.2, 0.25) is 35.2 Å². The van der Waals surface area contributed by atoms with Gasteiger partial charge < -0.3 is 62.7 Å². The molecule has 6 heterocycles. The SMILES string of the molecule is C=CCOc1cc(C)ccc1Cl.C=CCc1c(C)ccc(Cl)c1O.Cc1c(B2OC(C)(C)C(C)(C)O2)cc(Cl)c2c1CCCO2.Cc1c(B2OC(C)(C)C(C)(C)O2)ccc2c1CCCO2.Cc1c(Br)cc(Cl)c2c1CCCO2.Cc1ccc(Cl)c(O)c1.Cc1ccc(Cl)c(O)c1CCCO.Cc1ccc(Cl)c2c1CCCO2. The average molecular weight is 1740 g/mol. The third kappa shape index (κ3) is 24.4. The van der Waals surface area contributed by atoms with Crippen molar-refractivity contribution in [1.82, 2.24) is 0 Å². The molecule has 0 saturated carbocycles. The van der Waals surface area contributed by atoms with Crippen molar-refractivity contribution >= 4 is 122 Å². The molecule has 6 aliphatic heterocycles. The predicted octanol–water partition coefficient (Wildman–Crippen LogP) is 23.5. The number of fused-ring (bicyclic) bond motifs is 4. The maximum atomic E-state index is 9.59. The van der Waals surface area contributed by atoms with Crippen molar-refractivity contribution in [3.8, 4) is 46.0 Å². The third-order valence-electron chi connectivity index (χ3n) is 21.0. The number of halogens is 8. The summed E-state index contributed by atoms with van der Waals surface area (Å²) in [5.74, 6) is 4.84. The van der Waals surface area contributed by atoms with Crippen LogP contribution in [-0.4, -0.2) is 96.7 Å². The first kappa shape index (κ1) is 93.2. The van der Waals surface area contributed by atoms with Crippen molar-refractivity contribution in [2.75, 3.05) is 39.6 Å². The van der Waals surface area contributed by atoms with Crippen LogP contribution >= 0.6 is 97.1 Å². The molecule has 23 heteroatoms. The number of rotatable bonds is 10. The molecular formula is C89H108B2BrCl7O13. The van der Waals surface area contributed by atoms with Crippen LogP contribution in [0.25, 0.3) is 0 Å². The molecule has 0 unspecified atom stereocenters. The van der Waals surface area contributed by atoms with Gasteiger partial charge in [-0.1, -0.05) is 152 Å². The zero-order chi connectivity index (χ0) is 82.7. The average Bonchev–Trinajstić information content (AvgIpc) is 1.66. The first-order chi connectivity index (χ1) is 52.8. The molecule has 604 valence electrons. The maximum Gasteiger partial charge on any atom is 0.495 e. The molecule has 8 aromatic rings. The number of hydrogen-bond donors (Lipinski definition) is 4. The van der Waals surface area contributed by atoms with Crippen LogP contribution in [0.5, 0.6) is 46.0 Å². The lowest BCUT2D eigenvalue weighted by atomic mass is 9.74. The second-order valence-electron chi connectivity index (χ2n) is 30.3. The highest BCUT2D eigenvalue weighted by molar-refractivity contribution is 9.10. The lowest BCUT2D eigenvalue weighted by Crippen LogP contribution is -2.41. The van der Waals surface area contributed by atoms with E-state index in [0.29, 0.717) is 56.0 Å². The fraction of sp³-hybridized carbons (Fsp3) is 0.416. The number of aryl methyl sites for hydroxylation is 5. The second-order valence-corrected chi connectivity index (χ2v) is 34.0. The Morgan fingerprint density at radius 3 is 1.38 bits per heavy atom. The Balaban J connectivity index is 0.000000180. The second kappa shape index (κ2) is 42.3. The van der Waals surface area contributed by atoms with Crippen LogP contribution in [0.4, 0.5) is 0 Å². The number of ether oxygens (including phenoxy) is 5. The van der Waals surface area contributed by atoms with Crippen molar-refractivity contribution in [2.24, 2.45) is 0 Å². The standard InChI is InChI=1S/C16H22BClO3.C16H23BO3.C10H10BrClO.C10H13ClO2.3C10H11ClO.C7H7ClO/c1-10-11-7-6-8-19-14(11)13(18)9-12(10)17-20-15(2,3)16(4,5)21-17;1-11-12-7-6-10-18-14(12)9-8-13(11)17-19-15(2,3)16(4,5)20-17;1-6-7-3-2-4-13-10(7)9(12)5-8(6)11;1-7-4-5-9(11)10(13)8(7)3-2-6-12;1-7-4-5-9(11)10-8(7)3-2-6-12-10;1-3-6-12-10-7-8(2)4-5-9(10)11;1-3-4-8-7(2)5-6-9(11)10(8)12;1-5-2-3-6(8)7(9)4-5/h9H,6-8H2,1-5H3;8-9H,6-7,10H2,1-5H3;5H,2-4H2,1H3;4-5,12-13H,2-3,6H2,1H3;4-5H,2-3,6H2,1H3;3-5,7H,1,6H2,2H3;3,5-6,12H,1,4H2,2H3;2-4,9H,1H3. The smallest absolute Gasteiger partial charge is 0.495 e. The number of aliphatic hydroxyl groups excluding tert-OH is 1. The Morgan fingerprint density at radius 1 is 0.446 bits per heavy atom. The van der Waals surface area contributed by atoms with E-state index in [1.165, 1.54) is 44.5 Å². The third-order valence-corrected chi connectivity index (χ3v) is 23.9. The van der Waals surface area contributed by atoms with Crippen LogP contribution in [-0.2, 0) is 57.1 Å². The molecule has 6 aliphatic rings. The van der Waals surface area contributed by atoms with Crippen molar-refractivity contribution in [3.63, 3.8) is 0 Å². The number of benzene rings is 8. The molecule has 0 amide bonds. The summed E-state index contributed by atoms with van der Waals surface area (Å²) in [6.45, 7) is 43.7. The van der Waals surface area contributed by atoms with E-state index in [1.807, 2.05) is 82.3 Å². The van der Waals surface area contributed by atoms with Gasteiger partial charge in [0.2, 0.25) is 0 Å². The zero-order valence-electron chi connectivity index (χ0n) is 67.5. The topological polar surface area (TPSA) is 164 Å². The minimum absolute atomic E-state index is 0.130. The van der Waals surface area contributed by atoms with Gasteiger partial charge in [-0.15, -0.1) is 6.58 Å². The van der Waals surface area contributed by atoms with Gasteiger partial charge in [0.05, 0.1) is 84.0 Å². The van der Waals surface area contributed by atoms with Gasteiger partial charge in [-0.2, -0.15) is 0 Å². The minimum atomic E-state index is -0.375. The molecule has 13 nitrogen and oxygen atoms in total. The highest BCUT2D eigenvalue weighted by atomic mass is 79.9. The Labute approximate surface area is 708 Å². The van der Waals surface area contributed by atoms with Gasteiger partial charge in [0.25, 0.3) is 0 Å². The normalized spacial score (nSPS) is 15.9. The minimum Gasteiger partial charge on any atom is -0.506 e. The molecule has 8 aromatic carbocycles. The molecule has 14 rings (SSSR count). The van der Waals surface area contributed by atoms with Crippen molar-refractivity contribution in [2.45, 2.75) is 204 Å². The predicted molar refractivity (Wildman–Crippen MR) is 469 cm³/mol. The summed E-state index contributed by atoms with van der Waals surface area (Å²) in [4.78, 5) is 0. The highest BCUT2D eigenvalue weighted by Gasteiger charge is 2.53. The van der Waals surface area contributed by atoms with Crippen LogP contribution < -0.4 is 34.6 Å². The first-order valence-electron chi connectivity index (χ1n) is 37.8. The Bertz CT molecular complexity index is 4510. The van der Waals surface area contributed by atoms with Gasteiger partial charge in [0.1, 0.15) is 52.6 Å². The molecule has 0 spiro atoms. The molecule has 0 aromatic heterocycles. The van der Waals surface area contributed by atoms with Crippen molar-refractivity contribution in [3.05, 3.63) is 240 Å². The van der Waals surface area contributed by atoms with Crippen molar-refractivity contribution in [1.29, 1.82) is 0 Å². The van der Waals surface area contributed by atoms with E-state index in [9.17, 15) is 10.2 Å². The van der Waals surface area contributed by atoms with E-state index in [0.717, 1.165) is 160 Å². The molecule has 2 saturated heterocycles. The number of phenolic OH excluding ortho intramolecular Hbond substituents is 3. The molecule has 2 fully saturated rings. The van der Waals surface area contributed by atoms with Crippen molar-refractivity contribution < 1.29 is 62.7 Å². The summed E-state index contributed by atoms with van der Waals surface area (Å²) < 4.78 is 53.5. The molecule has 0 radical (unpaired) electrons. The summed E-state index contributed by atoms with van der Waals surface area (Å²) in [6.07, 6.45) is 13.9. The number of aliphatic hydroxyl groups is 1. The Morgan fingerprint density at radius 2 is 0.875 bits per heavy atom. The van der Waals surface area contributed by atoms with Gasteiger partial charge in [0.15, 0.2) is 0 Å². The first-order valence-corrected chi connectivity index (χ1v) is 41.3. The fourth-order valence-corrected chi connectivity index (χ4v) is 14.9. The lowest BCUT2D eigenvalue weighted by Gasteiger charge is -2.32. The van der Waals surface area contributed by atoms with Crippen LogP contribution in [0, 0.1) is 55.4 Å². The van der Waals surface area contributed by atoms with Gasteiger partial charge in [-0.05, 0) is 325 Å². The maximum absolute atomic E-state index is 9.59. The number of phenols is 3. The summed E-state index contributed by atoms with van der Waals surface area (Å²) >= 11 is 44.8. The zero-order valence-corrected chi connectivity index (χ0v) is 74.3. The van der Waals surface area contributed by atoms with Gasteiger partial charge >= 0.3 is 14.2 Å². The Kier molecular flexibility index (Phi) is 35.2. The van der Waals surface area contributed by atoms with Gasteiger partial charge in [0, 0.05) is 16.6 Å². The number of hydrogen-bond acceptors (Lipinski definition) is 13. The summed E-state index contributed by atoms with van der Waals surface area (Å²) in [6, 6.07) is 29.9. The lowest BCUT2D eigenvalue weighted by molar-refractivity contribution is 0.00578. The van der Waals surface area contributed by atoms with Gasteiger partial charge in [-0.3, -0.25) is 0 Å². The molecular weight excluding hydrogens is 1630 g/mol. The quantitative estimate of drug-likeness (QED) is 0.0756. The molecule has 0 aliphatic carbocycles. The Hall–Kier alpha value is -5.92. The highest BCUT2D eigenvalue weighted by Crippen LogP contribution is 2.43. The summed E-state index contributed by atoms with van der Waals surface area (Å²) in [5, 5.41) is 40.7. The summed E-state index contributed by atoms with van der Waals surface area (Å²) in [7, 11) is -0.660. The number of aromatic hydroxyl groups is 3. The summed E-state index contributed by atoms with van der Waals surface area (Å²) in [5.41, 5.74) is 16.8. The van der Waals surface area contributed by atoms with Crippen LogP contribution in [0.15, 0.2) is 127 Å². The van der Waals surface area contributed by atoms with Gasteiger partial charge in [-0.25, -0.2) is 0 Å². The molecule has 112 heavy (non-hydrogen) atoms. The van der Waals surface area contributed by atoms with E-state index in [2.05, 4.69) is 130 Å². The molecule has 0 atom stereocenters. The fourth-order valence-electron chi connectivity index (χ4n) is 12.8. The van der Waals surface area contributed by atoms with E-state index >= 15 is 0 Å². The molecule has 0 bridgehead atoms.